The fourth-order valence-electron chi connectivity index (χ4n) is 2.29. The molecule has 0 bridgehead atoms. The number of hydrogen-bond donors (Lipinski definition) is 0. The molecule has 0 N–H and O–H groups in total. The summed E-state index contributed by atoms with van der Waals surface area (Å²) in [6, 6.07) is 23.4. The smallest absolute Gasteiger partial charge is 0.0866 e. The maximum atomic E-state index is 9.00. The van der Waals surface area contributed by atoms with Crippen LogP contribution >= 0.6 is 23.5 Å². The van der Waals surface area contributed by atoms with Crippen LogP contribution in [-0.4, -0.2) is 36.0 Å². The van der Waals surface area contributed by atoms with Gasteiger partial charge in [0, 0.05) is 36.1 Å². The molecule has 0 atom stereocenters. The van der Waals surface area contributed by atoms with Gasteiger partial charge in [-0.05, 0) is 11.1 Å². The van der Waals surface area contributed by atoms with Crippen LogP contribution < -0.4 is 0 Å². The Morgan fingerprint density at radius 2 is 1.21 bits per heavy atom. The van der Waals surface area contributed by atoms with Gasteiger partial charge in [-0.25, -0.2) is 0 Å². The molecule has 0 radical (unpaired) electrons. The molecule has 24 heavy (non-hydrogen) atoms. The highest BCUT2D eigenvalue weighted by atomic mass is 32.2. The van der Waals surface area contributed by atoms with Crippen molar-refractivity contribution in [3.63, 3.8) is 0 Å². The molecule has 0 aliphatic rings. The van der Waals surface area contributed by atoms with Crippen molar-refractivity contribution in [1.29, 1.82) is 5.26 Å². The Morgan fingerprint density at radius 1 is 0.750 bits per heavy atom. The summed E-state index contributed by atoms with van der Waals surface area (Å²) in [4.78, 5) is 2.26. The Hall–Kier alpha value is -1.41. The summed E-state index contributed by atoms with van der Waals surface area (Å²) in [5.74, 6) is 4.23. The molecule has 0 aromatic heterocycles. The highest BCUT2D eigenvalue weighted by Gasteiger charge is 2.04. The van der Waals surface area contributed by atoms with Gasteiger partial charge < -0.3 is 0 Å². The van der Waals surface area contributed by atoms with Crippen LogP contribution in [-0.2, 0) is 11.5 Å². The lowest BCUT2D eigenvalue weighted by atomic mass is 10.2. The second kappa shape index (κ2) is 12.0. The maximum absolute atomic E-state index is 9.00. The van der Waals surface area contributed by atoms with E-state index in [0.717, 1.165) is 36.1 Å². The van der Waals surface area contributed by atoms with E-state index in [1.54, 1.807) is 0 Å². The molecule has 0 amide bonds. The molecule has 2 nitrogen and oxygen atoms in total. The molecular formula is C20H24N2S2. The summed E-state index contributed by atoms with van der Waals surface area (Å²) in [6.45, 7) is 2.49. The molecule has 126 valence electrons. The van der Waals surface area contributed by atoms with E-state index in [9.17, 15) is 0 Å². The number of thioether (sulfide) groups is 2. The lowest BCUT2D eigenvalue weighted by Gasteiger charge is -2.18. The third kappa shape index (κ3) is 7.92. The molecule has 0 aliphatic heterocycles. The van der Waals surface area contributed by atoms with Crippen molar-refractivity contribution in [2.75, 3.05) is 31.1 Å². The molecule has 4 heteroatoms. The van der Waals surface area contributed by atoms with Gasteiger partial charge in [-0.3, -0.25) is 4.90 Å². The van der Waals surface area contributed by atoms with E-state index in [4.69, 9.17) is 5.26 Å². The van der Waals surface area contributed by atoms with Crippen molar-refractivity contribution in [1.82, 2.24) is 4.90 Å². The Morgan fingerprint density at radius 3 is 1.62 bits per heavy atom. The highest BCUT2D eigenvalue weighted by Crippen LogP contribution is 2.13. The second-order valence-corrected chi connectivity index (χ2v) is 7.72. The number of rotatable bonds is 11. The maximum Gasteiger partial charge on any atom is 0.0866 e. The Bertz CT molecular complexity index is 549. The first-order chi connectivity index (χ1) is 11.9. The number of hydrogen-bond acceptors (Lipinski definition) is 4. The van der Waals surface area contributed by atoms with Crippen LogP contribution in [0.4, 0.5) is 0 Å². The average Bonchev–Trinajstić information content (AvgIpc) is 2.64. The van der Waals surface area contributed by atoms with Crippen LogP contribution in [0, 0.1) is 11.3 Å². The number of nitriles is 1. The molecule has 0 unspecified atom stereocenters. The van der Waals surface area contributed by atoms with E-state index in [2.05, 4.69) is 71.6 Å². The van der Waals surface area contributed by atoms with E-state index in [0.29, 0.717) is 6.54 Å². The molecule has 2 aromatic carbocycles. The van der Waals surface area contributed by atoms with E-state index < -0.39 is 0 Å². The Labute approximate surface area is 154 Å². The normalized spacial score (nSPS) is 10.7. The minimum Gasteiger partial charge on any atom is -0.289 e. The van der Waals surface area contributed by atoms with Crippen LogP contribution in [0.25, 0.3) is 0 Å². The van der Waals surface area contributed by atoms with Crippen LogP contribution in [0.5, 0.6) is 0 Å². The van der Waals surface area contributed by atoms with Gasteiger partial charge in [0.05, 0.1) is 12.6 Å². The predicted octanol–water partition coefficient (Wildman–Crippen LogP) is 4.68. The zero-order valence-electron chi connectivity index (χ0n) is 13.9. The van der Waals surface area contributed by atoms with Crippen LogP contribution in [0.15, 0.2) is 60.7 Å². The van der Waals surface area contributed by atoms with Crippen LogP contribution in [0.1, 0.15) is 11.1 Å². The fraction of sp³-hybridized carbons (Fsp3) is 0.350. The van der Waals surface area contributed by atoms with Gasteiger partial charge in [-0.2, -0.15) is 28.8 Å². The van der Waals surface area contributed by atoms with E-state index in [-0.39, 0.29) is 0 Å². The van der Waals surface area contributed by atoms with Crippen molar-refractivity contribution in [3.8, 4) is 6.07 Å². The summed E-state index contributed by atoms with van der Waals surface area (Å²) in [5, 5.41) is 9.00. The molecule has 0 fully saturated rings. The van der Waals surface area contributed by atoms with Crippen LogP contribution in [0.3, 0.4) is 0 Å². The lowest BCUT2D eigenvalue weighted by Crippen LogP contribution is -2.29. The topological polar surface area (TPSA) is 27.0 Å². The molecule has 2 rings (SSSR count). The molecule has 0 saturated carbocycles. The summed E-state index contributed by atoms with van der Waals surface area (Å²) < 4.78 is 0. The number of nitrogens with zero attached hydrogens (tertiary/aromatic N) is 2. The van der Waals surface area contributed by atoms with Gasteiger partial charge in [-0.15, -0.1) is 0 Å². The van der Waals surface area contributed by atoms with Gasteiger partial charge in [0.2, 0.25) is 0 Å². The summed E-state index contributed by atoms with van der Waals surface area (Å²) in [6.07, 6.45) is 0. The molecule has 0 heterocycles. The largest absolute Gasteiger partial charge is 0.289 e. The minimum atomic E-state index is 0.526. The first-order valence-corrected chi connectivity index (χ1v) is 10.5. The third-order valence-corrected chi connectivity index (χ3v) is 5.64. The summed E-state index contributed by atoms with van der Waals surface area (Å²) in [5.41, 5.74) is 2.74. The summed E-state index contributed by atoms with van der Waals surface area (Å²) >= 11 is 3.88. The van der Waals surface area contributed by atoms with E-state index >= 15 is 0 Å². The summed E-state index contributed by atoms with van der Waals surface area (Å²) in [7, 11) is 0. The van der Waals surface area contributed by atoms with Crippen molar-refractivity contribution >= 4 is 23.5 Å². The first-order valence-electron chi connectivity index (χ1n) is 8.21. The van der Waals surface area contributed by atoms with Gasteiger partial charge in [0.1, 0.15) is 0 Å². The fourth-order valence-corrected chi connectivity index (χ4v) is 4.21. The first kappa shape index (κ1) is 18.9. The Kier molecular flexibility index (Phi) is 9.48. The van der Waals surface area contributed by atoms with Crippen LogP contribution in [0.2, 0.25) is 0 Å². The van der Waals surface area contributed by atoms with Crippen molar-refractivity contribution in [2.24, 2.45) is 0 Å². The SMILES string of the molecule is N#CCN(CCSCc1ccccc1)CCSCc1ccccc1. The van der Waals surface area contributed by atoms with Crippen molar-refractivity contribution in [2.45, 2.75) is 11.5 Å². The highest BCUT2D eigenvalue weighted by molar-refractivity contribution is 7.98. The van der Waals surface area contributed by atoms with Gasteiger partial charge in [0.25, 0.3) is 0 Å². The molecule has 0 saturated heterocycles. The van der Waals surface area contributed by atoms with Crippen molar-refractivity contribution < 1.29 is 0 Å². The zero-order chi connectivity index (χ0) is 16.9. The standard InChI is InChI=1S/C20H24N2S2/c21-11-12-22(13-15-23-17-19-7-3-1-4-8-19)14-16-24-18-20-9-5-2-6-10-20/h1-10H,12-18H2. The predicted molar refractivity (Wildman–Crippen MR) is 107 cm³/mol. The molecule has 0 spiro atoms. The Balaban J connectivity index is 1.60. The quantitative estimate of drug-likeness (QED) is 0.431. The third-order valence-electron chi connectivity index (χ3n) is 3.62. The lowest BCUT2D eigenvalue weighted by molar-refractivity contribution is 0.347. The average molecular weight is 357 g/mol. The number of benzene rings is 2. The van der Waals surface area contributed by atoms with Crippen molar-refractivity contribution in [3.05, 3.63) is 71.8 Å². The molecular weight excluding hydrogens is 332 g/mol. The molecule has 2 aromatic rings. The second-order valence-electron chi connectivity index (χ2n) is 5.51. The van der Waals surface area contributed by atoms with E-state index in [1.807, 2.05) is 23.5 Å². The zero-order valence-corrected chi connectivity index (χ0v) is 15.6. The monoisotopic (exact) mass is 356 g/mol. The molecule has 0 aliphatic carbocycles. The van der Waals surface area contributed by atoms with Gasteiger partial charge in [-0.1, -0.05) is 60.7 Å². The van der Waals surface area contributed by atoms with E-state index in [1.165, 1.54) is 11.1 Å². The minimum absolute atomic E-state index is 0.526. The van der Waals surface area contributed by atoms with Gasteiger partial charge in [0.15, 0.2) is 0 Å². The van der Waals surface area contributed by atoms with Gasteiger partial charge >= 0.3 is 0 Å².